The van der Waals surface area contributed by atoms with E-state index in [4.69, 9.17) is 9.84 Å². The molecule has 3 fully saturated rings. The lowest BCUT2D eigenvalue weighted by molar-refractivity contribution is -0.139. The van der Waals surface area contributed by atoms with Crippen LogP contribution < -0.4 is 0 Å². The Bertz CT molecular complexity index is 402. The van der Waals surface area contributed by atoms with Crippen LogP contribution in [-0.2, 0) is 9.53 Å². The van der Waals surface area contributed by atoms with Gasteiger partial charge in [0.15, 0.2) is 0 Å². The number of carbonyl (C=O) groups is 1. The third kappa shape index (κ3) is 1.13. The lowest BCUT2D eigenvalue weighted by atomic mass is 9.64. The van der Waals surface area contributed by atoms with Gasteiger partial charge in [0.1, 0.15) is 0 Å². The zero-order valence-corrected chi connectivity index (χ0v) is 9.95. The van der Waals surface area contributed by atoms with Crippen molar-refractivity contribution in [3.8, 4) is 0 Å². The van der Waals surface area contributed by atoms with Gasteiger partial charge < -0.3 is 9.84 Å². The summed E-state index contributed by atoms with van der Waals surface area (Å²) in [5, 5.41) is 9.02. The van der Waals surface area contributed by atoms with E-state index in [2.05, 4.69) is 19.1 Å². The molecule has 8 unspecified atom stereocenters. The zero-order chi connectivity index (χ0) is 11.7. The molecule has 4 bridgehead atoms. The number of allylic oxidation sites excluding steroid dienone is 2. The van der Waals surface area contributed by atoms with Crippen LogP contribution in [0.4, 0.5) is 0 Å². The maximum Gasteiger partial charge on any atom is 0.303 e. The van der Waals surface area contributed by atoms with E-state index in [1.54, 1.807) is 0 Å². The highest BCUT2D eigenvalue weighted by molar-refractivity contribution is 5.67. The highest BCUT2D eigenvalue weighted by Gasteiger charge is 2.64. The van der Waals surface area contributed by atoms with Crippen LogP contribution in [0, 0.1) is 35.5 Å². The van der Waals surface area contributed by atoms with E-state index in [1.807, 2.05) is 0 Å². The van der Waals surface area contributed by atoms with Gasteiger partial charge in [0, 0.05) is 5.92 Å². The molecule has 0 aromatic rings. The fourth-order valence-electron chi connectivity index (χ4n) is 5.09. The highest BCUT2D eigenvalue weighted by atomic mass is 16.5. The molecule has 4 aliphatic rings. The second-order valence-electron chi connectivity index (χ2n) is 6.29. The molecule has 2 saturated heterocycles. The first-order valence-electron chi connectivity index (χ1n) is 6.72. The Labute approximate surface area is 101 Å². The SMILES string of the molecule is CC1C(CC(=O)O)C2OC1C1C3C=CC(C3)C21. The van der Waals surface area contributed by atoms with Crippen LogP contribution in [0.25, 0.3) is 0 Å². The van der Waals surface area contributed by atoms with E-state index in [0.717, 1.165) is 0 Å². The average Bonchev–Trinajstić information content (AvgIpc) is 2.97. The maximum absolute atomic E-state index is 11.0. The van der Waals surface area contributed by atoms with Crippen molar-refractivity contribution in [2.24, 2.45) is 35.5 Å². The van der Waals surface area contributed by atoms with Crippen LogP contribution in [-0.4, -0.2) is 23.3 Å². The van der Waals surface area contributed by atoms with Gasteiger partial charge in [-0.2, -0.15) is 0 Å². The summed E-state index contributed by atoms with van der Waals surface area (Å²) in [7, 11) is 0. The lowest BCUT2D eigenvalue weighted by Crippen LogP contribution is -2.41. The minimum Gasteiger partial charge on any atom is -0.481 e. The van der Waals surface area contributed by atoms with Gasteiger partial charge in [0.2, 0.25) is 0 Å². The molecule has 1 N–H and O–H groups in total. The summed E-state index contributed by atoms with van der Waals surface area (Å²) in [5.74, 6) is 2.69. The van der Waals surface area contributed by atoms with Crippen molar-refractivity contribution in [2.75, 3.05) is 0 Å². The van der Waals surface area contributed by atoms with Crippen LogP contribution in [0.2, 0.25) is 0 Å². The third-order valence-electron chi connectivity index (χ3n) is 5.68. The van der Waals surface area contributed by atoms with Crippen molar-refractivity contribution in [1.29, 1.82) is 0 Å². The van der Waals surface area contributed by atoms with Crippen molar-refractivity contribution in [3.63, 3.8) is 0 Å². The van der Waals surface area contributed by atoms with Gasteiger partial charge in [-0.3, -0.25) is 4.79 Å². The molecular formula is C14H18O3. The number of hydrogen-bond donors (Lipinski definition) is 1. The molecule has 2 aliphatic carbocycles. The monoisotopic (exact) mass is 234 g/mol. The molecule has 3 nitrogen and oxygen atoms in total. The Morgan fingerprint density at radius 2 is 1.94 bits per heavy atom. The van der Waals surface area contributed by atoms with E-state index in [-0.39, 0.29) is 18.4 Å². The smallest absolute Gasteiger partial charge is 0.303 e. The van der Waals surface area contributed by atoms with E-state index in [1.165, 1.54) is 6.42 Å². The van der Waals surface area contributed by atoms with Gasteiger partial charge in [-0.1, -0.05) is 19.1 Å². The molecule has 8 atom stereocenters. The summed E-state index contributed by atoms with van der Waals surface area (Å²) in [6, 6.07) is 0. The van der Waals surface area contributed by atoms with Crippen LogP contribution in [0.3, 0.4) is 0 Å². The molecule has 4 rings (SSSR count). The van der Waals surface area contributed by atoms with Crippen LogP contribution in [0.15, 0.2) is 12.2 Å². The second kappa shape index (κ2) is 3.14. The molecule has 1 saturated carbocycles. The molecule has 0 spiro atoms. The Morgan fingerprint density at radius 3 is 2.59 bits per heavy atom. The van der Waals surface area contributed by atoms with Crippen molar-refractivity contribution >= 4 is 5.97 Å². The standard InChI is InChI=1S/C14H18O3/c1-6-9(5-10(15)16)14-12-8-3-2-7(4-8)11(12)13(6)17-14/h2-3,6-9,11-14H,4-5H2,1H3,(H,15,16). The molecule has 2 heterocycles. The van der Waals surface area contributed by atoms with Gasteiger partial charge >= 0.3 is 5.97 Å². The van der Waals surface area contributed by atoms with Crippen molar-refractivity contribution in [1.82, 2.24) is 0 Å². The third-order valence-corrected chi connectivity index (χ3v) is 5.68. The first-order valence-corrected chi connectivity index (χ1v) is 6.72. The summed E-state index contributed by atoms with van der Waals surface area (Å²) in [6.07, 6.45) is 6.84. The molecular weight excluding hydrogens is 216 g/mol. The summed E-state index contributed by atoms with van der Waals surface area (Å²) in [6.45, 7) is 2.18. The Morgan fingerprint density at radius 1 is 1.29 bits per heavy atom. The van der Waals surface area contributed by atoms with E-state index >= 15 is 0 Å². The number of hydrogen-bond acceptors (Lipinski definition) is 2. The summed E-state index contributed by atoms with van der Waals surface area (Å²) >= 11 is 0. The van der Waals surface area contributed by atoms with Crippen molar-refractivity contribution in [2.45, 2.75) is 32.0 Å². The number of fused-ring (bicyclic) bond motifs is 9. The largest absolute Gasteiger partial charge is 0.481 e. The quantitative estimate of drug-likeness (QED) is 0.743. The fourth-order valence-corrected chi connectivity index (χ4v) is 5.09. The molecule has 2 aliphatic heterocycles. The highest BCUT2D eigenvalue weighted by Crippen LogP contribution is 2.63. The van der Waals surface area contributed by atoms with Crippen LogP contribution >= 0.6 is 0 Å². The topological polar surface area (TPSA) is 46.5 Å². The number of carboxylic acids is 1. The summed E-state index contributed by atoms with van der Waals surface area (Å²) < 4.78 is 6.14. The van der Waals surface area contributed by atoms with Gasteiger partial charge in [0.05, 0.1) is 18.6 Å². The molecule has 3 heteroatoms. The summed E-state index contributed by atoms with van der Waals surface area (Å²) in [5.41, 5.74) is 0. The molecule has 0 aromatic heterocycles. The second-order valence-corrected chi connectivity index (χ2v) is 6.29. The number of aliphatic carboxylic acids is 1. The molecule has 0 amide bonds. The van der Waals surface area contributed by atoms with Gasteiger partial charge in [-0.05, 0) is 36.0 Å². The molecule has 0 aromatic carbocycles. The van der Waals surface area contributed by atoms with E-state index < -0.39 is 5.97 Å². The predicted molar refractivity (Wildman–Crippen MR) is 61.3 cm³/mol. The van der Waals surface area contributed by atoms with E-state index in [9.17, 15) is 4.79 Å². The Hall–Kier alpha value is -0.830. The summed E-state index contributed by atoms with van der Waals surface area (Å²) in [4.78, 5) is 11.0. The van der Waals surface area contributed by atoms with Gasteiger partial charge in [-0.25, -0.2) is 0 Å². The van der Waals surface area contributed by atoms with Crippen molar-refractivity contribution < 1.29 is 14.6 Å². The van der Waals surface area contributed by atoms with Gasteiger partial charge in [0.25, 0.3) is 0 Å². The molecule has 0 radical (unpaired) electrons. The Kier molecular flexibility index (Phi) is 1.87. The predicted octanol–water partition coefficient (Wildman–Crippen LogP) is 1.93. The minimum absolute atomic E-state index is 0.219. The molecule has 92 valence electrons. The normalized spacial score (nSPS) is 57.7. The average molecular weight is 234 g/mol. The first kappa shape index (κ1) is 10.1. The minimum atomic E-state index is -0.673. The van der Waals surface area contributed by atoms with Gasteiger partial charge in [-0.15, -0.1) is 0 Å². The maximum atomic E-state index is 11.0. The van der Waals surface area contributed by atoms with Crippen molar-refractivity contribution in [3.05, 3.63) is 12.2 Å². The number of carboxylic acid groups (broad SMARTS) is 1. The lowest BCUT2D eigenvalue weighted by Gasteiger charge is -2.36. The number of rotatable bonds is 2. The van der Waals surface area contributed by atoms with Crippen LogP contribution in [0.5, 0.6) is 0 Å². The molecule has 17 heavy (non-hydrogen) atoms. The van der Waals surface area contributed by atoms with Crippen LogP contribution in [0.1, 0.15) is 19.8 Å². The van der Waals surface area contributed by atoms with E-state index in [0.29, 0.717) is 35.7 Å². The first-order chi connectivity index (χ1) is 8.16. The fraction of sp³-hybridized carbons (Fsp3) is 0.786. The number of ether oxygens (including phenoxy) is 1. The Balaban J connectivity index is 1.65. The zero-order valence-electron chi connectivity index (χ0n) is 9.95.